The molecule has 4 atom stereocenters. The zero-order valence-electron chi connectivity index (χ0n) is 44.2. The Morgan fingerprint density at radius 2 is 1.45 bits per heavy atom. The smallest absolute Gasteiger partial charge is 0.315 e. The van der Waals surface area contributed by atoms with Crippen molar-refractivity contribution in [3.8, 4) is 12.3 Å². The Morgan fingerprint density at radius 1 is 0.875 bits per heavy atom. The van der Waals surface area contributed by atoms with E-state index in [9.17, 15) is 19.2 Å². The Balaban J connectivity index is -0.000000354. The minimum atomic E-state index is -0.482. The lowest BCUT2D eigenvalue weighted by atomic mass is 9.74. The third-order valence-electron chi connectivity index (χ3n) is 10.2. The summed E-state index contributed by atoms with van der Waals surface area (Å²) in [6, 6.07) is -0.965. The van der Waals surface area contributed by atoms with E-state index in [1.165, 1.54) is 43.2 Å². The zero-order valence-corrected chi connectivity index (χ0v) is 45.0. The first kappa shape index (κ1) is 69.4. The van der Waals surface area contributed by atoms with Crippen LogP contribution in [0.4, 0.5) is 4.79 Å². The number of amides is 4. The summed E-state index contributed by atoms with van der Waals surface area (Å²) in [7, 11) is 2.11. The molecule has 11 heteroatoms. The highest BCUT2D eigenvalue weighted by molar-refractivity contribution is 7.79. The SMILES string of the molecule is C#CCCC(NC(=O)C(CCCNC=C)C(NC(=O)NCCC)C1CCCCC1)C(C)C(=O)NCC=S.C=C.CC.CC.CC.CCC.CCCCCN(C)C1=C(C(C)(C)C)C(=O)C1. The van der Waals surface area contributed by atoms with Gasteiger partial charge in [-0.3, -0.25) is 14.4 Å². The maximum atomic E-state index is 13.9. The Bertz CT molecular complexity index is 1270. The van der Waals surface area contributed by atoms with Crippen LogP contribution >= 0.6 is 12.2 Å². The van der Waals surface area contributed by atoms with Gasteiger partial charge in [-0.25, -0.2) is 4.79 Å². The van der Waals surface area contributed by atoms with Crippen LogP contribution in [0.25, 0.3) is 0 Å². The normalized spacial score (nSPS) is 14.4. The van der Waals surface area contributed by atoms with Crippen molar-refractivity contribution in [2.75, 3.05) is 33.2 Å². The Hall–Kier alpha value is -3.65. The molecule has 4 unspecified atom stereocenters. The lowest BCUT2D eigenvalue weighted by Crippen LogP contribution is -2.55. The third-order valence-corrected chi connectivity index (χ3v) is 10.4. The van der Waals surface area contributed by atoms with E-state index in [0.29, 0.717) is 44.6 Å². The molecule has 2 aliphatic rings. The second-order valence-electron chi connectivity index (χ2n) is 16.3. The number of thiocarbonyl (C=S) groups is 1. The molecule has 0 spiro atoms. The van der Waals surface area contributed by atoms with Crippen LogP contribution in [0.15, 0.2) is 37.2 Å². The van der Waals surface area contributed by atoms with Crippen molar-refractivity contribution in [3.63, 3.8) is 0 Å². The van der Waals surface area contributed by atoms with Crippen molar-refractivity contribution >= 4 is 41.2 Å². The van der Waals surface area contributed by atoms with E-state index in [4.69, 9.17) is 18.6 Å². The number of hydrogen-bond acceptors (Lipinski definition) is 7. The molecule has 10 nitrogen and oxygen atoms in total. The van der Waals surface area contributed by atoms with Gasteiger partial charge in [0.1, 0.15) is 0 Å². The van der Waals surface area contributed by atoms with Crippen molar-refractivity contribution < 1.29 is 19.2 Å². The topological polar surface area (TPSA) is 132 Å². The van der Waals surface area contributed by atoms with Crippen molar-refractivity contribution in [1.82, 2.24) is 31.5 Å². The van der Waals surface area contributed by atoms with Gasteiger partial charge in [0, 0.05) is 63.0 Å². The van der Waals surface area contributed by atoms with Crippen LogP contribution in [-0.2, 0) is 14.4 Å². The number of unbranched alkanes of at least 4 members (excludes halogenated alkanes) is 2. The van der Waals surface area contributed by atoms with Gasteiger partial charge in [-0.1, -0.05) is 154 Å². The molecule has 0 aliphatic heterocycles. The Labute approximate surface area is 401 Å². The van der Waals surface area contributed by atoms with Crippen molar-refractivity contribution in [2.45, 2.75) is 205 Å². The van der Waals surface area contributed by atoms with E-state index in [1.54, 1.807) is 13.1 Å². The predicted molar refractivity (Wildman–Crippen MR) is 283 cm³/mol. The fourth-order valence-electron chi connectivity index (χ4n) is 7.24. The van der Waals surface area contributed by atoms with Gasteiger partial charge >= 0.3 is 6.03 Å². The molecule has 0 radical (unpaired) electrons. The van der Waals surface area contributed by atoms with Crippen LogP contribution in [-0.4, -0.2) is 79.2 Å². The number of nitrogens with zero attached hydrogens (tertiary/aromatic N) is 1. The van der Waals surface area contributed by atoms with Gasteiger partial charge in [-0.15, -0.1) is 25.5 Å². The molecule has 0 bridgehead atoms. The number of Topliss-reactive ketones (excluding diaryl/α,β-unsaturated/α-hetero) is 1. The molecule has 0 saturated heterocycles. The maximum Gasteiger partial charge on any atom is 0.315 e. The van der Waals surface area contributed by atoms with Crippen LogP contribution in [0.5, 0.6) is 0 Å². The van der Waals surface area contributed by atoms with Crippen LogP contribution in [0.2, 0.25) is 0 Å². The number of hydrogen-bond donors (Lipinski definition) is 5. The van der Waals surface area contributed by atoms with E-state index >= 15 is 0 Å². The monoisotopic (exact) mass is 919 g/mol. The Kier molecular flexibility index (Phi) is 51.3. The lowest BCUT2D eigenvalue weighted by molar-refractivity contribution is -0.129. The number of rotatable bonds is 23. The predicted octanol–water partition coefficient (Wildman–Crippen LogP) is 12.1. The number of carbonyl (C=O) groups excluding carboxylic acids is 4. The summed E-state index contributed by atoms with van der Waals surface area (Å²) in [6.45, 7) is 40.9. The van der Waals surface area contributed by atoms with Crippen LogP contribution in [0.1, 0.15) is 193 Å². The molecule has 4 amide bonds. The minimum absolute atomic E-state index is 0.00365. The number of ketones is 1. The molecule has 64 heavy (non-hydrogen) atoms. The van der Waals surface area contributed by atoms with E-state index in [-0.39, 0.29) is 41.8 Å². The number of carbonyl (C=O) groups is 4. The van der Waals surface area contributed by atoms with E-state index < -0.39 is 17.9 Å². The second kappa shape index (κ2) is 47.3. The van der Waals surface area contributed by atoms with Gasteiger partial charge in [0.15, 0.2) is 5.78 Å². The first-order valence-electron chi connectivity index (χ1n) is 25.0. The summed E-state index contributed by atoms with van der Waals surface area (Å²) in [6.07, 6.45) is 21.2. The fourth-order valence-corrected chi connectivity index (χ4v) is 7.32. The maximum absolute atomic E-state index is 13.9. The van der Waals surface area contributed by atoms with Crippen LogP contribution in [0.3, 0.4) is 0 Å². The first-order chi connectivity index (χ1) is 30.7. The standard InChI is InChI=1S/C28H47N5O3S.C14H25NO.C3H8.3C2H6.C2H4/c1-5-8-16-24(21(4)26(34)30-19-20-37)32-27(35)23(15-12-18-29-7-3)25(22-13-10-9-11-14-22)33-28(36)31-17-6-2;1-6-7-8-9-15(5)11-10-12(16)13(11)14(2,3)4;1-3-2;4*1-2/h1,7,20-25,29H,3,6,8-19H2,2,4H3,(H,30,34)(H,32,35)(H2,31,33,36);6-10H2,1-5H3;3H2,1-2H3;3*1-2H3;1-2H2. The molecule has 374 valence electrons. The summed E-state index contributed by atoms with van der Waals surface area (Å²) in [5, 5.41) is 16.5. The molecule has 2 aliphatic carbocycles. The van der Waals surface area contributed by atoms with Gasteiger partial charge in [0.05, 0.1) is 18.3 Å². The zero-order chi connectivity index (χ0) is 50.5. The molecule has 5 N–H and O–H groups in total. The molecular weight excluding hydrogens is 817 g/mol. The van der Waals surface area contributed by atoms with Crippen molar-refractivity contribution in [1.29, 1.82) is 0 Å². The second-order valence-corrected chi connectivity index (χ2v) is 16.6. The fraction of sp³-hybridized carbons (Fsp3) is 0.755. The lowest BCUT2D eigenvalue weighted by Gasteiger charge is -2.37. The van der Waals surface area contributed by atoms with Crippen LogP contribution in [0, 0.1) is 35.5 Å². The van der Waals surface area contributed by atoms with E-state index in [0.717, 1.165) is 50.6 Å². The van der Waals surface area contributed by atoms with Gasteiger partial charge < -0.3 is 31.5 Å². The average Bonchev–Trinajstić information content (AvgIpc) is 3.30. The van der Waals surface area contributed by atoms with Crippen molar-refractivity contribution in [3.05, 3.63) is 37.2 Å². The number of urea groups is 1. The van der Waals surface area contributed by atoms with Gasteiger partial charge in [0.25, 0.3) is 0 Å². The summed E-state index contributed by atoms with van der Waals surface area (Å²) >= 11 is 4.82. The highest BCUT2D eigenvalue weighted by Crippen LogP contribution is 2.39. The highest BCUT2D eigenvalue weighted by atomic mass is 32.1. The van der Waals surface area contributed by atoms with Gasteiger partial charge in [-0.05, 0) is 67.8 Å². The molecule has 0 aromatic rings. The number of allylic oxidation sites excluding steroid dienone is 2. The van der Waals surface area contributed by atoms with E-state index in [1.807, 2.05) is 48.5 Å². The quantitative estimate of drug-likeness (QED) is 0.0298. The molecular formula is C53H102N6O4S. The van der Waals surface area contributed by atoms with Crippen molar-refractivity contribution in [2.24, 2.45) is 23.2 Å². The molecule has 0 heterocycles. The molecule has 1 saturated carbocycles. The summed E-state index contributed by atoms with van der Waals surface area (Å²) in [5.41, 5.74) is 2.32. The summed E-state index contributed by atoms with van der Waals surface area (Å²) < 4.78 is 0. The molecule has 1 fully saturated rings. The van der Waals surface area contributed by atoms with E-state index in [2.05, 4.69) is 106 Å². The van der Waals surface area contributed by atoms with Gasteiger partial charge in [-0.2, -0.15) is 0 Å². The highest BCUT2D eigenvalue weighted by Gasteiger charge is 2.38. The number of nitrogens with one attached hydrogen (secondary N) is 5. The summed E-state index contributed by atoms with van der Waals surface area (Å²) in [5.74, 6) is 1.92. The number of terminal acetylenes is 1. The molecule has 0 aromatic carbocycles. The summed E-state index contributed by atoms with van der Waals surface area (Å²) in [4.78, 5) is 53.2. The average molecular weight is 920 g/mol. The largest absolute Gasteiger partial charge is 0.391 e. The van der Waals surface area contributed by atoms with Gasteiger partial charge in [0.2, 0.25) is 11.8 Å². The first-order valence-corrected chi connectivity index (χ1v) is 25.5. The molecule has 0 aromatic heterocycles. The Morgan fingerprint density at radius 3 is 1.92 bits per heavy atom. The molecule has 2 rings (SSSR count). The van der Waals surface area contributed by atoms with Crippen LogP contribution < -0.4 is 26.6 Å². The third kappa shape index (κ3) is 32.1. The minimum Gasteiger partial charge on any atom is -0.391 e.